The number of anilines is 1. The Morgan fingerprint density at radius 1 is 0.929 bits per heavy atom. The number of benzene rings is 1. The van der Waals surface area contributed by atoms with Gasteiger partial charge in [0, 0.05) is 50.7 Å². The summed E-state index contributed by atoms with van der Waals surface area (Å²) in [5.74, 6) is 0.393. The van der Waals surface area contributed by atoms with Gasteiger partial charge in [0.05, 0.1) is 17.1 Å². The summed E-state index contributed by atoms with van der Waals surface area (Å²) in [7, 11) is 1.92. The first-order valence-electron chi connectivity index (χ1n) is 15.9. The highest BCUT2D eigenvalue weighted by Gasteiger charge is 2.41. The van der Waals surface area contributed by atoms with Crippen molar-refractivity contribution in [3.63, 3.8) is 0 Å². The normalized spacial score (nSPS) is 21.2. The minimum absolute atomic E-state index is 0.188. The minimum Gasteiger partial charge on any atom is -0.444 e. The second-order valence-corrected chi connectivity index (χ2v) is 13.5. The molecule has 232 valence electrons. The minimum atomic E-state index is -0.460. The second-order valence-electron chi connectivity index (χ2n) is 13.5. The summed E-state index contributed by atoms with van der Waals surface area (Å²) in [5, 5.41) is 8.14. The number of fused-ring (bicyclic) bond motifs is 1. The van der Waals surface area contributed by atoms with Gasteiger partial charge in [-0.25, -0.2) is 4.79 Å². The average Bonchev–Trinajstić information content (AvgIpc) is 3.28. The van der Waals surface area contributed by atoms with Gasteiger partial charge >= 0.3 is 6.09 Å². The first kappa shape index (κ1) is 31.8. The maximum absolute atomic E-state index is 12.5. The first-order chi connectivity index (χ1) is 19.8. The lowest BCUT2D eigenvalue weighted by atomic mass is 9.63. The number of carbonyl (C=O) groups excluding carboxylic acids is 3. The van der Waals surface area contributed by atoms with E-state index in [2.05, 4.69) is 42.3 Å². The standard InChI is InChI=1S/C31H45N5O4.C2H6/c1-30(2,3)40-29(39)36-17-13-21(14-18-36)31(4,5)20-11-15-35(16-12-20)22-7-8-23-25(19-22)34(6)33-27(23)24-9-10-26(37)32-28(24)38;1-2/h7-8,19-21,24H,9-18H2,1-6H3,(H,32,37,38);1-2H3. The van der Waals surface area contributed by atoms with Crippen molar-refractivity contribution in [2.24, 2.45) is 24.3 Å². The van der Waals surface area contributed by atoms with Gasteiger partial charge in [0.1, 0.15) is 5.60 Å². The van der Waals surface area contributed by atoms with Crippen LogP contribution in [0.4, 0.5) is 10.5 Å². The van der Waals surface area contributed by atoms with Gasteiger partial charge < -0.3 is 14.5 Å². The number of piperidine rings is 3. The zero-order chi connectivity index (χ0) is 30.8. The molecule has 1 N–H and O–H groups in total. The summed E-state index contributed by atoms with van der Waals surface area (Å²) in [4.78, 5) is 41.0. The Morgan fingerprint density at radius 3 is 2.10 bits per heavy atom. The van der Waals surface area contributed by atoms with Gasteiger partial charge in [0.25, 0.3) is 0 Å². The molecule has 42 heavy (non-hydrogen) atoms. The van der Waals surface area contributed by atoms with Gasteiger partial charge in [-0.3, -0.25) is 19.6 Å². The number of amides is 3. The van der Waals surface area contributed by atoms with E-state index in [0.29, 0.717) is 24.7 Å². The van der Waals surface area contributed by atoms with Gasteiger partial charge in [-0.2, -0.15) is 5.10 Å². The predicted octanol–water partition coefficient (Wildman–Crippen LogP) is 6.01. The molecule has 1 aromatic heterocycles. The average molecular weight is 582 g/mol. The molecule has 3 aliphatic heterocycles. The number of aromatic nitrogens is 2. The Morgan fingerprint density at radius 2 is 1.52 bits per heavy atom. The van der Waals surface area contributed by atoms with Crippen LogP contribution in [0.2, 0.25) is 0 Å². The monoisotopic (exact) mass is 581 g/mol. The molecule has 1 atom stereocenters. The van der Waals surface area contributed by atoms with Crippen LogP contribution in [0.15, 0.2) is 18.2 Å². The molecular weight excluding hydrogens is 530 g/mol. The van der Waals surface area contributed by atoms with Gasteiger partial charge in [-0.15, -0.1) is 0 Å². The number of hydrogen-bond acceptors (Lipinski definition) is 6. The van der Waals surface area contributed by atoms with E-state index in [1.54, 1.807) is 0 Å². The Bertz CT molecular complexity index is 1280. The van der Waals surface area contributed by atoms with E-state index in [4.69, 9.17) is 9.84 Å². The molecule has 3 aliphatic rings. The molecule has 3 fully saturated rings. The Labute approximate surface area is 251 Å². The molecule has 9 heteroatoms. The van der Waals surface area contributed by atoms with E-state index in [0.717, 1.165) is 68.5 Å². The number of hydrogen-bond donors (Lipinski definition) is 1. The quantitative estimate of drug-likeness (QED) is 0.444. The highest BCUT2D eigenvalue weighted by molar-refractivity contribution is 6.02. The molecule has 0 radical (unpaired) electrons. The fraction of sp³-hybridized carbons (Fsp3) is 0.697. The topological polar surface area (TPSA) is 96.8 Å². The SMILES string of the molecule is CC.Cn1nc(C2CCC(=O)NC2=O)c2ccc(N3CCC(C(C)(C)C4CCN(C(=O)OC(C)(C)C)CC4)CC3)cc21. The third-order valence-electron chi connectivity index (χ3n) is 9.54. The number of imide groups is 1. The highest BCUT2D eigenvalue weighted by atomic mass is 16.6. The molecule has 1 unspecified atom stereocenters. The van der Waals surface area contributed by atoms with Gasteiger partial charge in [0.15, 0.2) is 0 Å². The summed E-state index contributed by atoms with van der Waals surface area (Å²) in [5.41, 5.74) is 2.71. The van der Waals surface area contributed by atoms with E-state index in [9.17, 15) is 14.4 Å². The number of nitrogens with one attached hydrogen (secondary N) is 1. The maximum Gasteiger partial charge on any atom is 0.410 e. The van der Waals surface area contributed by atoms with Crippen molar-refractivity contribution in [2.45, 2.75) is 98.5 Å². The summed E-state index contributed by atoms with van der Waals surface area (Å²) in [6, 6.07) is 6.43. The molecule has 3 saturated heterocycles. The van der Waals surface area contributed by atoms with Crippen LogP contribution in [0.5, 0.6) is 0 Å². The number of ether oxygens (including phenoxy) is 1. The predicted molar refractivity (Wildman–Crippen MR) is 166 cm³/mol. The number of rotatable bonds is 4. The molecule has 2 aromatic rings. The Kier molecular flexibility index (Phi) is 9.58. The molecule has 0 saturated carbocycles. The van der Waals surface area contributed by atoms with Crippen LogP contribution in [0, 0.1) is 17.3 Å². The van der Waals surface area contributed by atoms with Crippen molar-refractivity contribution in [1.29, 1.82) is 0 Å². The molecule has 0 bridgehead atoms. The Hall–Kier alpha value is -3.10. The number of nitrogens with zero attached hydrogens (tertiary/aromatic N) is 4. The number of likely N-dealkylation sites (tertiary alicyclic amines) is 1. The van der Waals surface area contributed by atoms with Crippen LogP contribution in [-0.4, -0.2) is 64.4 Å². The van der Waals surface area contributed by atoms with E-state index in [1.807, 2.05) is 51.2 Å². The van der Waals surface area contributed by atoms with E-state index < -0.39 is 5.60 Å². The van der Waals surface area contributed by atoms with Crippen molar-refractivity contribution in [2.75, 3.05) is 31.1 Å². The largest absolute Gasteiger partial charge is 0.444 e. The lowest BCUT2D eigenvalue weighted by molar-refractivity contribution is -0.134. The number of carbonyl (C=O) groups is 3. The van der Waals surface area contributed by atoms with Crippen molar-refractivity contribution in [3.05, 3.63) is 23.9 Å². The maximum atomic E-state index is 12.5. The second kappa shape index (κ2) is 12.6. The van der Waals surface area contributed by atoms with Crippen molar-refractivity contribution in [3.8, 4) is 0 Å². The molecule has 0 spiro atoms. The van der Waals surface area contributed by atoms with Crippen LogP contribution in [0.25, 0.3) is 10.9 Å². The third-order valence-corrected chi connectivity index (χ3v) is 9.54. The van der Waals surface area contributed by atoms with E-state index in [1.165, 1.54) is 5.69 Å². The van der Waals surface area contributed by atoms with Gasteiger partial charge in [-0.05, 0) is 88.3 Å². The number of aryl methyl sites for hydroxylation is 1. The van der Waals surface area contributed by atoms with Crippen LogP contribution in [0.1, 0.15) is 98.6 Å². The van der Waals surface area contributed by atoms with Gasteiger partial charge in [-0.1, -0.05) is 27.7 Å². The molecule has 9 nitrogen and oxygen atoms in total. The molecule has 5 rings (SSSR count). The summed E-state index contributed by atoms with van der Waals surface area (Å²) in [6.07, 6.45) is 5.00. The molecule has 0 aliphatic carbocycles. The highest BCUT2D eigenvalue weighted by Crippen LogP contribution is 2.46. The van der Waals surface area contributed by atoms with Crippen LogP contribution >= 0.6 is 0 Å². The molecule has 1 aromatic carbocycles. The third kappa shape index (κ3) is 6.76. The Balaban J connectivity index is 0.00000198. The summed E-state index contributed by atoms with van der Waals surface area (Å²) in [6.45, 7) is 18.2. The fourth-order valence-electron chi connectivity index (χ4n) is 7.03. The van der Waals surface area contributed by atoms with Crippen LogP contribution in [-0.2, 0) is 21.4 Å². The van der Waals surface area contributed by atoms with Crippen molar-refractivity contribution in [1.82, 2.24) is 20.0 Å². The smallest absolute Gasteiger partial charge is 0.410 e. The molecule has 4 heterocycles. The van der Waals surface area contributed by atoms with Gasteiger partial charge in [0.2, 0.25) is 11.8 Å². The zero-order valence-corrected chi connectivity index (χ0v) is 27.0. The lowest BCUT2D eigenvalue weighted by Crippen LogP contribution is -2.47. The van der Waals surface area contributed by atoms with Crippen LogP contribution in [0.3, 0.4) is 0 Å². The summed E-state index contributed by atoms with van der Waals surface area (Å²) >= 11 is 0. The lowest BCUT2D eigenvalue weighted by Gasteiger charge is -2.48. The zero-order valence-electron chi connectivity index (χ0n) is 27.0. The molecule has 3 amide bonds. The molecular formula is C33H51N5O4. The van der Waals surface area contributed by atoms with Crippen molar-refractivity contribution < 1.29 is 19.1 Å². The van der Waals surface area contributed by atoms with E-state index >= 15 is 0 Å². The van der Waals surface area contributed by atoms with Crippen LogP contribution < -0.4 is 10.2 Å². The first-order valence-corrected chi connectivity index (χ1v) is 15.9. The fourth-order valence-corrected chi connectivity index (χ4v) is 7.03. The summed E-state index contributed by atoms with van der Waals surface area (Å²) < 4.78 is 7.45. The van der Waals surface area contributed by atoms with Crippen molar-refractivity contribution >= 4 is 34.5 Å². The van der Waals surface area contributed by atoms with E-state index in [-0.39, 0.29) is 29.2 Å².